The highest BCUT2D eigenvalue weighted by atomic mass is 127. The second kappa shape index (κ2) is 4.32. The molecule has 0 spiro atoms. The van der Waals surface area contributed by atoms with Crippen LogP contribution in [0.25, 0.3) is 0 Å². The lowest BCUT2D eigenvalue weighted by Crippen LogP contribution is -1.96. The Morgan fingerprint density at radius 3 is 2.57 bits per heavy atom. The molecule has 0 radical (unpaired) electrons. The predicted octanol–water partition coefficient (Wildman–Crippen LogP) is 2.22. The number of rotatable bonds is 2. The third-order valence-electron chi connectivity index (χ3n) is 1.54. The number of halogens is 1. The van der Waals surface area contributed by atoms with E-state index in [2.05, 4.69) is 42.9 Å². The Morgan fingerprint density at radius 2 is 1.93 bits per heavy atom. The molecule has 5 heteroatoms. The van der Waals surface area contributed by atoms with E-state index < -0.39 is 0 Å². The topological polar surface area (TPSA) is 50.7 Å². The summed E-state index contributed by atoms with van der Waals surface area (Å²) >= 11 is 2.16. The van der Waals surface area contributed by atoms with Crippen LogP contribution >= 0.6 is 22.6 Å². The number of pyridine rings is 1. The van der Waals surface area contributed by atoms with Crippen LogP contribution in [-0.2, 0) is 0 Å². The molecule has 0 saturated heterocycles. The molecule has 1 N–H and O–H groups in total. The second-order valence-corrected chi connectivity index (χ2v) is 3.84. The van der Waals surface area contributed by atoms with E-state index in [1.165, 1.54) is 0 Å². The lowest BCUT2D eigenvalue weighted by atomic mass is 10.4. The summed E-state index contributed by atoms with van der Waals surface area (Å²) < 4.78 is 1.01. The van der Waals surface area contributed by atoms with Gasteiger partial charge in [-0.15, -0.1) is 0 Å². The number of nitrogens with one attached hydrogen (secondary N) is 1. The zero-order valence-electron chi connectivity index (χ0n) is 7.18. The molecule has 0 aliphatic heterocycles. The Bertz CT molecular complexity index is 401. The van der Waals surface area contributed by atoms with E-state index in [9.17, 15) is 0 Å². The van der Waals surface area contributed by atoms with Crippen LogP contribution in [0.2, 0.25) is 0 Å². The summed E-state index contributed by atoms with van der Waals surface area (Å²) in [5.74, 6) is 0.582. The standard InChI is InChI=1S/C9H7IN4/c10-7-4-12-9(13-5-7)14-8-2-1-3-11-6-8/h1-6H,(H,12,13,14). The van der Waals surface area contributed by atoms with Crippen molar-refractivity contribution in [3.05, 3.63) is 40.5 Å². The van der Waals surface area contributed by atoms with Crippen LogP contribution in [0.15, 0.2) is 36.9 Å². The summed E-state index contributed by atoms with van der Waals surface area (Å²) in [6.07, 6.45) is 6.96. The van der Waals surface area contributed by atoms with E-state index >= 15 is 0 Å². The Labute approximate surface area is 95.0 Å². The van der Waals surface area contributed by atoms with Crippen molar-refractivity contribution < 1.29 is 0 Å². The predicted molar refractivity (Wildman–Crippen MR) is 62.3 cm³/mol. The van der Waals surface area contributed by atoms with Gasteiger partial charge in [0, 0.05) is 22.2 Å². The van der Waals surface area contributed by atoms with Crippen molar-refractivity contribution in [2.45, 2.75) is 0 Å². The summed E-state index contributed by atoms with van der Waals surface area (Å²) in [6.45, 7) is 0. The first-order valence-corrected chi connectivity index (χ1v) is 5.07. The zero-order chi connectivity index (χ0) is 9.80. The normalized spacial score (nSPS) is 9.79. The first-order valence-electron chi connectivity index (χ1n) is 3.99. The lowest BCUT2D eigenvalue weighted by molar-refractivity contribution is 1.15. The highest BCUT2D eigenvalue weighted by Gasteiger charge is 1.95. The summed E-state index contributed by atoms with van der Waals surface area (Å²) in [5.41, 5.74) is 0.883. The van der Waals surface area contributed by atoms with Crippen molar-refractivity contribution in [1.29, 1.82) is 0 Å². The minimum absolute atomic E-state index is 0.582. The molecule has 70 valence electrons. The van der Waals surface area contributed by atoms with E-state index in [0.29, 0.717) is 5.95 Å². The molecule has 2 rings (SSSR count). The largest absolute Gasteiger partial charge is 0.323 e. The third kappa shape index (κ3) is 2.38. The van der Waals surface area contributed by atoms with Crippen molar-refractivity contribution in [2.24, 2.45) is 0 Å². The van der Waals surface area contributed by atoms with Gasteiger partial charge in [0.25, 0.3) is 0 Å². The quantitative estimate of drug-likeness (QED) is 0.864. The molecule has 0 amide bonds. The second-order valence-electron chi connectivity index (χ2n) is 2.59. The number of hydrogen-bond donors (Lipinski definition) is 1. The van der Waals surface area contributed by atoms with Crippen molar-refractivity contribution in [3.8, 4) is 0 Å². The Kier molecular flexibility index (Phi) is 2.87. The highest BCUT2D eigenvalue weighted by Crippen LogP contribution is 2.10. The van der Waals surface area contributed by atoms with Gasteiger partial charge in [0.15, 0.2) is 0 Å². The zero-order valence-corrected chi connectivity index (χ0v) is 9.34. The van der Waals surface area contributed by atoms with Gasteiger partial charge in [-0.3, -0.25) is 4.98 Å². The van der Waals surface area contributed by atoms with Crippen LogP contribution in [0.3, 0.4) is 0 Å². The number of aromatic nitrogens is 3. The van der Waals surface area contributed by atoms with Gasteiger partial charge >= 0.3 is 0 Å². The molecule has 0 saturated carbocycles. The van der Waals surface area contributed by atoms with Gasteiger partial charge in [-0.1, -0.05) is 0 Å². The molecule has 0 atom stereocenters. The molecule has 2 heterocycles. The lowest BCUT2D eigenvalue weighted by Gasteiger charge is -2.02. The molecule has 0 aromatic carbocycles. The van der Waals surface area contributed by atoms with Crippen LogP contribution in [0.1, 0.15) is 0 Å². The Balaban J connectivity index is 2.16. The summed E-state index contributed by atoms with van der Waals surface area (Å²) in [4.78, 5) is 12.2. The fraction of sp³-hybridized carbons (Fsp3) is 0. The van der Waals surface area contributed by atoms with Gasteiger partial charge in [0.1, 0.15) is 0 Å². The van der Waals surface area contributed by atoms with Gasteiger partial charge in [-0.05, 0) is 34.7 Å². The Morgan fingerprint density at radius 1 is 1.14 bits per heavy atom. The van der Waals surface area contributed by atoms with Gasteiger partial charge in [0.2, 0.25) is 5.95 Å². The molecule has 0 aliphatic carbocycles. The minimum Gasteiger partial charge on any atom is -0.323 e. The maximum Gasteiger partial charge on any atom is 0.227 e. The van der Waals surface area contributed by atoms with Crippen molar-refractivity contribution in [1.82, 2.24) is 15.0 Å². The number of anilines is 2. The molecule has 0 aliphatic rings. The third-order valence-corrected chi connectivity index (χ3v) is 2.10. The summed E-state index contributed by atoms with van der Waals surface area (Å²) in [6, 6.07) is 3.77. The fourth-order valence-electron chi connectivity index (χ4n) is 0.943. The van der Waals surface area contributed by atoms with Crippen LogP contribution in [0.4, 0.5) is 11.6 Å². The van der Waals surface area contributed by atoms with Crippen LogP contribution in [0, 0.1) is 3.57 Å². The van der Waals surface area contributed by atoms with Crippen molar-refractivity contribution in [2.75, 3.05) is 5.32 Å². The molecule has 2 aromatic heterocycles. The van der Waals surface area contributed by atoms with E-state index in [-0.39, 0.29) is 0 Å². The van der Waals surface area contributed by atoms with Crippen LogP contribution in [0.5, 0.6) is 0 Å². The van der Waals surface area contributed by atoms with Crippen LogP contribution in [-0.4, -0.2) is 15.0 Å². The minimum atomic E-state index is 0.582. The molecular weight excluding hydrogens is 291 g/mol. The first kappa shape index (κ1) is 9.32. The average Bonchev–Trinajstić information content (AvgIpc) is 2.23. The maximum absolute atomic E-state index is 4.12. The highest BCUT2D eigenvalue weighted by molar-refractivity contribution is 14.1. The van der Waals surface area contributed by atoms with Crippen molar-refractivity contribution in [3.63, 3.8) is 0 Å². The van der Waals surface area contributed by atoms with E-state index in [1.54, 1.807) is 24.8 Å². The monoisotopic (exact) mass is 298 g/mol. The maximum atomic E-state index is 4.12. The summed E-state index contributed by atoms with van der Waals surface area (Å²) in [5, 5.41) is 3.04. The molecule has 2 aromatic rings. The molecule has 0 unspecified atom stereocenters. The molecule has 0 bridgehead atoms. The SMILES string of the molecule is Ic1cnc(Nc2cccnc2)nc1. The summed E-state index contributed by atoms with van der Waals surface area (Å²) in [7, 11) is 0. The van der Waals surface area contributed by atoms with E-state index in [4.69, 9.17) is 0 Å². The van der Waals surface area contributed by atoms with E-state index in [1.807, 2.05) is 12.1 Å². The van der Waals surface area contributed by atoms with Gasteiger partial charge < -0.3 is 5.32 Å². The molecule has 14 heavy (non-hydrogen) atoms. The van der Waals surface area contributed by atoms with Gasteiger partial charge in [0.05, 0.1) is 11.9 Å². The average molecular weight is 298 g/mol. The van der Waals surface area contributed by atoms with Gasteiger partial charge in [-0.25, -0.2) is 9.97 Å². The molecular formula is C9H7IN4. The van der Waals surface area contributed by atoms with Crippen molar-refractivity contribution >= 4 is 34.2 Å². The number of hydrogen-bond acceptors (Lipinski definition) is 4. The molecule has 4 nitrogen and oxygen atoms in total. The molecule has 0 fully saturated rings. The fourth-order valence-corrected chi connectivity index (χ4v) is 1.22. The number of nitrogens with zero attached hydrogens (tertiary/aromatic N) is 3. The van der Waals surface area contributed by atoms with E-state index in [0.717, 1.165) is 9.26 Å². The first-order chi connectivity index (χ1) is 6.84. The smallest absolute Gasteiger partial charge is 0.227 e. The van der Waals surface area contributed by atoms with Gasteiger partial charge in [-0.2, -0.15) is 0 Å². The van der Waals surface area contributed by atoms with Crippen LogP contribution < -0.4 is 5.32 Å². The Hall–Kier alpha value is -1.24.